The van der Waals surface area contributed by atoms with Crippen LogP contribution in [0.25, 0.3) is 0 Å². The largest absolute Gasteiger partial charge is 0.488 e. The lowest BCUT2D eigenvalue weighted by molar-refractivity contribution is 0.0645. The Labute approximate surface area is 163 Å². The average Bonchev–Trinajstić information content (AvgIpc) is 2.88. The fourth-order valence-electron chi connectivity index (χ4n) is 3.16. The second-order valence-electron chi connectivity index (χ2n) is 7.70. The van der Waals surface area contributed by atoms with E-state index in [1.165, 1.54) is 0 Å². The van der Waals surface area contributed by atoms with Gasteiger partial charge in [-0.15, -0.1) is 0 Å². The molecule has 0 spiro atoms. The van der Waals surface area contributed by atoms with Crippen LogP contribution in [-0.2, 0) is 11.2 Å². The summed E-state index contributed by atoms with van der Waals surface area (Å²) in [5.41, 5.74) is 1.38. The Hall–Kier alpha value is -3.24. The monoisotopic (exact) mass is 378 g/mol. The molecule has 1 heterocycles. The number of hydrogen-bond donors (Lipinski definition) is 0. The lowest BCUT2D eigenvalue weighted by atomic mass is 10.1. The summed E-state index contributed by atoms with van der Waals surface area (Å²) in [4.78, 5) is 40.9. The molecule has 0 bridgehead atoms. The molecule has 6 heteroatoms. The van der Waals surface area contributed by atoms with Crippen molar-refractivity contribution in [3.8, 4) is 5.75 Å². The lowest BCUT2D eigenvalue weighted by Gasteiger charge is -2.22. The van der Waals surface area contributed by atoms with Crippen LogP contribution in [0.15, 0.2) is 53.5 Å². The molecule has 0 N–H and O–H groups in total. The van der Waals surface area contributed by atoms with Gasteiger partial charge in [0, 0.05) is 0 Å². The van der Waals surface area contributed by atoms with Gasteiger partial charge in [-0.05, 0) is 57.0 Å². The van der Waals surface area contributed by atoms with Crippen molar-refractivity contribution in [2.75, 3.05) is 6.54 Å². The summed E-state index contributed by atoms with van der Waals surface area (Å²) in [6.07, 6.45) is 1.96. The van der Waals surface area contributed by atoms with Crippen molar-refractivity contribution in [3.63, 3.8) is 0 Å². The molecule has 0 unspecified atom stereocenters. The van der Waals surface area contributed by atoms with Crippen molar-refractivity contribution in [2.45, 2.75) is 38.8 Å². The van der Waals surface area contributed by atoms with Crippen LogP contribution in [0, 0.1) is 0 Å². The SMILES string of the molecule is CC(C)(C)Oc1ccc(C[C@@H](CN2C(=O)c3ccccc3C2=O)N=C=O)cc1. The van der Waals surface area contributed by atoms with Gasteiger partial charge in [-0.25, -0.2) is 9.79 Å². The van der Waals surface area contributed by atoms with E-state index in [1.54, 1.807) is 30.3 Å². The van der Waals surface area contributed by atoms with Crippen LogP contribution in [0.3, 0.4) is 0 Å². The highest BCUT2D eigenvalue weighted by atomic mass is 16.5. The summed E-state index contributed by atoms with van der Waals surface area (Å²) in [6.45, 7) is 5.94. The van der Waals surface area contributed by atoms with Gasteiger partial charge in [0.15, 0.2) is 0 Å². The molecular weight excluding hydrogens is 356 g/mol. The Bertz CT molecular complexity index is 903. The fraction of sp³-hybridized carbons (Fsp3) is 0.318. The maximum atomic E-state index is 12.5. The highest BCUT2D eigenvalue weighted by Gasteiger charge is 2.36. The summed E-state index contributed by atoms with van der Waals surface area (Å²) in [5.74, 6) is 0.0216. The predicted molar refractivity (Wildman–Crippen MR) is 104 cm³/mol. The molecule has 2 aromatic carbocycles. The standard InChI is InChI=1S/C22H22N2O4/c1-22(2,3)28-17-10-8-15(9-11-17)12-16(23-14-25)13-24-20(26)18-6-4-5-7-19(18)21(24)27/h4-11,16H,12-13H2,1-3H3/t16-/m0/s1. The molecule has 0 fully saturated rings. The van der Waals surface area contributed by atoms with E-state index in [4.69, 9.17) is 4.74 Å². The smallest absolute Gasteiger partial charge is 0.261 e. The van der Waals surface area contributed by atoms with Crippen LogP contribution in [0.1, 0.15) is 47.1 Å². The highest BCUT2D eigenvalue weighted by molar-refractivity contribution is 6.21. The van der Waals surface area contributed by atoms with Gasteiger partial charge in [-0.3, -0.25) is 14.5 Å². The second-order valence-corrected chi connectivity index (χ2v) is 7.70. The van der Waals surface area contributed by atoms with Crippen LogP contribution in [0.2, 0.25) is 0 Å². The number of amides is 2. The molecule has 0 aliphatic carbocycles. The molecule has 1 aliphatic heterocycles. The van der Waals surface area contributed by atoms with E-state index in [9.17, 15) is 14.4 Å². The van der Waals surface area contributed by atoms with E-state index in [0.29, 0.717) is 17.5 Å². The summed E-state index contributed by atoms with van der Waals surface area (Å²) >= 11 is 0. The Morgan fingerprint density at radius 1 is 1.00 bits per heavy atom. The molecule has 144 valence electrons. The van der Waals surface area contributed by atoms with Gasteiger partial charge in [-0.1, -0.05) is 24.3 Å². The molecule has 0 saturated heterocycles. The second kappa shape index (κ2) is 7.79. The van der Waals surface area contributed by atoms with Gasteiger partial charge in [0.2, 0.25) is 6.08 Å². The maximum absolute atomic E-state index is 12.5. The number of isocyanates is 1. The van der Waals surface area contributed by atoms with Gasteiger partial charge in [-0.2, -0.15) is 0 Å². The number of aliphatic imine (C=N–C) groups is 1. The molecule has 2 aromatic rings. The fourth-order valence-corrected chi connectivity index (χ4v) is 3.16. The van der Waals surface area contributed by atoms with Crippen molar-refractivity contribution in [3.05, 3.63) is 65.2 Å². The minimum absolute atomic E-state index is 0.0296. The van der Waals surface area contributed by atoms with Gasteiger partial charge in [0.25, 0.3) is 11.8 Å². The summed E-state index contributed by atoms with van der Waals surface area (Å²) in [5, 5.41) is 0. The van der Waals surface area contributed by atoms with Crippen molar-refractivity contribution in [2.24, 2.45) is 4.99 Å². The lowest BCUT2D eigenvalue weighted by Crippen LogP contribution is -2.37. The molecule has 2 amide bonds. The first-order chi connectivity index (χ1) is 13.3. The highest BCUT2D eigenvalue weighted by Crippen LogP contribution is 2.24. The van der Waals surface area contributed by atoms with Gasteiger partial charge < -0.3 is 4.74 Å². The average molecular weight is 378 g/mol. The zero-order chi connectivity index (χ0) is 20.3. The van der Waals surface area contributed by atoms with Crippen molar-refractivity contribution >= 4 is 17.9 Å². The number of carbonyl (C=O) groups excluding carboxylic acids is 3. The zero-order valence-corrected chi connectivity index (χ0v) is 16.1. The van der Waals surface area contributed by atoms with Crippen molar-refractivity contribution in [1.82, 2.24) is 4.90 Å². The summed E-state index contributed by atoms with van der Waals surface area (Å²) < 4.78 is 5.80. The van der Waals surface area contributed by atoms with Crippen LogP contribution >= 0.6 is 0 Å². The summed E-state index contributed by atoms with van der Waals surface area (Å²) in [7, 11) is 0. The number of benzene rings is 2. The minimum atomic E-state index is -0.561. The number of hydrogen-bond acceptors (Lipinski definition) is 5. The molecule has 28 heavy (non-hydrogen) atoms. The van der Waals surface area contributed by atoms with Crippen LogP contribution in [0.5, 0.6) is 5.75 Å². The van der Waals surface area contributed by atoms with Gasteiger partial charge in [0.1, 0.15) is 11.4 Å². The Morgan fingerprint density at radius 2 is 1.57 bits per heavy atom. The van der Waals surface area contributed by atoms with Crippen LogP contribution in [-0.4, -0.2) is 41.0 Å². The summed E-state index contributed by atoms with van der Waals surface area (Å²) in [6, 6.07) is 13.6. The Kier molecular flexibility index (Phi) is 5.43. The Balaban J connectivity index is 1.72. The van der Waals surface area contributed by atoms with Gasteiger partial charge in [0.05, 0.1) is 23.7 Å². The first kappa shape index (κ1) is 19.5. The third-order valence-electron chi connectivity index (χ3n) is 4.33. The van der Waals surface area contributed by atoms with E-state index in [2.05, 4.69) is 4.99 Å². The molecule has 3 rings (SSSR count). The normalized spacial score (nSPS) is 14.5. The van der Waals surface area contributed by atoms with Crippen LogP contribution < -0.4 is 4.74 Å². The predicted octanol–water partition coefficient (Wildman–Crippen LogP) is 3.41. The number of nitrogens with zero attached hydrogens (tertiary/aromatic N) is 2. The van der Waals surface area contributed by atoms with Crippen molar-refractivity contribution in [1.29, 1.82) is 0 Å². The van der Waals surface area contributed by atoms with E-state index < -0.39 is 6.04 Å². The molecular formula is C22H22N2O4. The van der Waals surface area contributed by atoms with E-state index >= 15 is 0 Å². The van der Waals surface area contributed by atoms with Crippen molar-refractivity contribution < 1.29 is 19.1 Å². The number of carbonyl (C=O) groups is 2. The number of ether oxygens (including phenoxy) is 1. The molecule has 1 aliphatic rings. The number of fused-ring (bicyclic) bond motifs is 1. The van der Waals surface area contributed by atoms with E-state index in [-0.39, 0.29) is 24.0 Å². The molecule has 0 radical (unpaired) electrons. The van der Waals surface area contributed by atoms with E-state index in [0.717, 1.165) is 16.2 Å². The third kappa shape index (κ3) is 4.35. The molecule has 0 aromatic heterocycles. The molecule has 1 atom stereocenters. The van der Waals surface area contributed by atoms with Crippen LogP contribution in [0.4, 0.5) is 0 Å². The third-order valence-corrected chi connectivity index (χ3v) is 4.33. The Morgan fingerprint density at radius 3 is 2.07 bits per heavy atom. The number of imide groups is 1. The zero-order valence-electron chi connectivity index (χ0n) is 16.1. The number of rotatable bonds is 6. The van der Waals surface area contributed by atoms with E-state index in [1.807, 2.05) is 45.0 Å². The quantitative estimate of drug-likeness (QED) is 0.439. The first-order valence-electron chi connectivity index (χ1n) is 9.08. The maximum Gasteiger partial charge on any atom is 0.261 e. The topological polar surface area (TPSA) is 76.0 Å². The molecule has 6 nitrogen and oxygen atoms in total. The minimum Gasteiger partial charge on any atom is -0.488 e. The first-order valence-corrected chi connectivity index (χ1v) is 9.08. The van der Waals surface area contributed by atoms with Gasteiger partial charge >= 0.3 is 0 Å². The molecule has 0 saturated carbocycles.